The first-order valence-electron chi connectivity index (χ1n) is 5.80. The van der Waals surface area contributed by atoms with Crippen molar-refractivity contribution in [1.29, 1.82) is 0 Å². The second-order valence-corrected chi connectivity index (χ2v) is 4.48. The highest BCUT2D eigenvalue weighted by molar-refractivity contribution is 5.67. The molecule has 0 amide bonds. The highest BCUT2D eigenvalue weighted by Crippen LogP contribution is 2.31. The van der Waals surface area contributed by atoms with Crippen LogP contribution in [0.1, 0.15) is 12.0 Å². The minimum atomic E-state index is 0.426. The molecule has 17 heavy (non-hydrogen) atoms. The number of anilines is 2. The van der Waals surface area contributed by atoms with Gasteiger partial charge in [0.1, 0.15) is 0 Å². The Hall–Kier alpha value is -1.97. The Morgan fingerprint density at radius 1 is 1.35 bits per heavy atom. The zero-order valence-corrected chi connectivity index (χ0v) is 9.81. The summed E-state index contributed by atoms with van der Waals surface area (Å²) in [5, 5.41) is 3.71. The second kappa shape index (κ2) is 3.80. The third kappa shape index (κ3) is 1.75. The van der Waals surface area contributed by atoms with Gasteiger partial charge in [0, 0.05) is 30.9 Å². The molecule has 1 aliphatic rings. The summed E-state index contributed by atoms with van der Waals surface area (Å²) in [6, 6.07) is 8.13. The van der Waals surface area contributed by atoms with Crippen molar-refractivity contribution in [1.82, 2.24) is 5.16 Å². The van der Waals surface area contributed by atoms with Crippen LogP contribution in [0.5, 0.6) is 0 Å². The van der Waals surface area contributed by atoms with E-state index in [-0.39, 0.29) is 0 Å². The average Bonchev–Trinajstić information content (AvgIpc) is 2.76. The molecule has 0 saturated carbocycles. The summed E-state index contributed by atoms with van der Waals surface area (Å²) >= 11 is 0. The first kappa shape index (κ1) is 10.2. The van der Waals surface area contributed by atoms with Crippen LogP contribution < -0.4 is 10.6 Å². The Morgan fingerprint density at radius 3 is 3.00 bits per heavy atom. The molecule has 1 aliphatic heterocycles. The van der Waals surface area contributed by atoms with E-state index >= 15 is 0 Å². The van der Waals surface area contributed by atoms with Crippen molar-refractivity contribution < 1.29 is 4.52 Å². The molecule has 2 heterocycles. The highest BCUT2D eigenvalue weighted by Gasteiger charge is 2.15. The predicted octanol–water partition coefficient (Wildman–Crippen LogP) is 2.31. The van der Waals surface area contributed by atoms with Crippen molar-refractivity contribution in [2.45, 2.75) is 12.8 Å². The quantitative estimate of drug-likeness (QED) is 0.815. The Labute approximate surface area is 100 Å². The summed E-state index contributed by atoms with van der Waals surface area (Å²) in [4.78, 5) is 2.29. The molecule has 4 heteroatoms. The molecule has 0 saturated heterocycles. The van der Waals surface area contributed by atoms with E-state index in [1.165, 1.54) is 17.7 Å². The smallest absolute Gasteiger partial charge is 0.169 e. The van der Waals surface area contributed by atoms with E-state index in [1.807, 2.05) is 0 Å². The molecule has 0 aliphatic carbocycles. The van der Waals surface area contributed by atoms with Gasteiger partial charge in [-0.25, -0.2) is 0 Å². The van der Waals surface area contributed by atoms with Gasteiger partial charge >= 0.3 is 0 Å². The lowest BCUT2D eigenvalue weighted by molar-refractivity contribution is 0.436. The van der Waals surface area contributed by atoms with Gasteiger partial charge < -0.3 is 15.2 Å². The van der Waals surface area contributed by atoms with E-state index in [1.54, 1.807) is 6.07 Å². The molecule has 4 nitrogen and oxygen atoms in total. The van der Waals surface area contributed by atoms with E-state index in [0.29, 0.717) is 5.82 Å². The van der Waals surface area contributed by atoms with Crippen LogP contribution >= 0.6 is 0 Å². The van der Waals surface area contributed by atoms with E-state index in [2.05, 4.69) is 35.3 Å². The average molecular weight is 229 g/mol. The third-order valence-corrected chi connectivity index (χ3v) is 3.24. The molecule has 0 bridgehead atoms. The molecule has 0 fully saturated rings. The molecule has 2 N–H and O–H groups in total. The highest BCUT2D eigenvalue weighted by atomic mass is 16.5. The number of rotatable bonds is 1. The molecule has 88 valence electrons. The van der Waals surface area contributed by atoms with Crippen LogP contribution in [0.15, 0.2) is 28.8 Å². The number of benzene rings is 1. The summed E-state index contributed by atoms with van der Waals surface area (Å²) in [6.07, 6.45) is 2.32. The number of fused-ring (bicyclic) bond motifs is 1. The molecule has 2 aromatic rings. The minimum absolute atomic E-state index is 0.426. The lowest BCUT2D eigenvalue weighted by Gasteiger charge is -2.27. The number of nitrogen functional groups attached to an aromatic ring is 1. The maximum Gasteiger partial charge on any atom is 0.169 e. The molecule has 0 atom stereocenters. The van der Waals surface area contributed by atoms with Gasteiger partial charge in [0.05, 0.1) is 0 Å². The zero-order chi connectivity index (χ0) is 11.8. The molecular formula is C13H15N3O. The van der Waals surface area contributed by atoms with Crippen molar-refractivity contribution in [2.24, 2.45) is 0 Å². The van der Waals surface area contributed by atoms with Gasteiger partial charge in [-0.05, 0) is 36.6 Å². The SMILES string of the molecule is CN1CCCc2cc(-c3cc(N)no3)ccc21. The van der Waals surface area contributed by atoms with Crippen LogP contribution in [0.3, 0.4) is 0 Å². The van der Waals surface area contributed by atoms with Gasteiger partial charge in [0.25, 0.3) is 0 Å². The van der Waals surface area contributed by atoms with Gasteiger partial charge in [-0.2, -0.15) is 0 Å². The number of hydrogen-bond donors (Lipinski definition) is 1. The Bertz CT molecular complexity index is 547. The topological polar surface area (TPSA) is 55.3 Å². The number of aryl methyl sites for hydroxylation is 1. The number of hydrogen-bond acceptors (Lipinski definition) is 4. The minimum Gasteiger partial charge on any atom is -0.381 e. The van der Waals surface area contributed by atoms with Gasteiger partial charge in [-0.15, -0.1) is 0 Å². The number of nitrogens with zero attached hydrogens (tertiary/aromatic N) is 2. The molecule has 0 unspecified atom stereocenters. The van der Waals surface area contributed by atoms with Gasteiger partial charge in [-0.3, -0.25) is 0 Å². The fourth-order valence-electron chi connectivity index (χ4n) is 2.36. The first-order chi connectivity index (χ1) is 8.24. The molecule has 3 rings (SSSR count). The van der Waals surface area contributed by atoms with E-state index in [9.17, 15) is 0 Å². The summed E-state index contributed by atoms with van der Waals surface area (Å²) in [5.74, 6) is 1.16. The number of nitrogens with two attached hydrogens (primary N) is 1. The largest absolute Gasteiger partial charge is 0.381 e. The normalized spacial score (nSPS) is 14.8. The Kier molecular flexibility index (Phi) is 2.28. The van der Waals surface area contributed by atoms with Crippen LogP contribution in [0.2, 0.25) is 0 Å². The van der Waals surface area contributed by atoms with Crippen LogP contribution in [0.4, 0.5) is 11.5 Å². The van der Waals surface area contributed by atoms with E-state index in [0.717, 1.165) is 24.3 Å². The van der Waals surface area contributed by atoms with Crippen molar-refractivity contribution in [2.75, 3.05) is 24.2 Å². The monoisotopic (exact) mass is 229 g/mol. The van der Waals surface area contributed by atoms with Crippen molar-refractivity contribution in [3.8, 4) is 11.3 Å². The van der Waals surface area contributed by atoms with Crippen molar-refractivity contribution in [3.05, 3.63) is 29.8 Å². The summed E-state index contributed by atoms with van der Waals surface area (Å²) in [7, 11) is 2.13. The number of aromatic nitrogens is 1. The van der Waals surface area contributed by atoms with E-state index < -0.39 is 0 Å². The lowest BCUT2D eigenvalue weighted by Crippen LogP contribution is -2.24. The molecule has 1 aromatic heterocycles. The molecule has 0 spiro atoms. The van der Waals surface area contributed by atoms with Crippen molar-refractivity contribution >= 4 is 11.5 Å². The Balaban J connectivity index is 2.03. The van der Waals surface area contributed by atoms with Crippen LogP contribution in [0.25, 0.3) is 11.3 Å². The molecule has 0 radical (unpaired) electrons. The Morgan fingerprint density at radius 2 is 2.24 bits per heavy atom. The van der Waals surface area contributed by atoms with Crippen LogP contribution in [-0.2, 0) is 6.42 Å². The summed E-state index contributed by atoms with van der Waals surface area (Å²) < 4.78 is 5.18. The maximum absolute atomic E-state index is 5.56. The summed E-state index contributed by atoms with van der Waals surface area (Å²) in [6.45, 7) is 1.13. The zero-order valence-electron chi connectivity index (χ0n) is 9.81. The molecular weight excluding hydrogens is 214 g/mol. The fraction of sp³-hybridized carbons (Fsp3) is 0.308. The predicted molar refractivity (Wildman–Crippen MR) is 67.9 cm³/mol. The van der Waals surface area contributed by atoms with Gasteiger partial charge in [0.15, 0.2) is 11.6 Å². The molecule has 1 aromatic carbocycles. The summed E-state index contributed by atoms with van der Waals surface area (Å²) in [5.41, 5.74) is 9.29. The van der Waals surface area contributed by atoms with Gasteiger partial charge in [0.2, 0.25) is 0 Å². The van der Waals surface area contributed by atoms with E-state index in [4.69, 9.17) is 10.3 Å². The van der Waals surface area contributed by atoms with Crippen LogP contribution in [-0.4, -0.2) is 18.7 Å². The van der Waals surface area contributed by atoms with Crippen LogP contribution in [0, 0.1) is 0 Å². The maximum atomic E-state index is 5.56. The first-order valence-corrected chi connectivity index (χ1v) is 5.80. The third-order valence-electron chi connectivity index (χ3n) is 3.24. The lowest BCUT2D eigenvalue weighted by atomic mass is 9.99. The standard InChI is InChI=1S/C13H15N3O/c1-16-6-2-3-9-7-10(4-5-11(9)16)12-8-13(14)15-17-12/h4-5,7-8H,2-3,6H2,1H3,(H2,14,15). The second-order valence-electron chi connectivity index (χ2n) is 4.48. The fourth-order valence-corrected chi connectivity index (χ4v) is 2.36. The van der Waals surface area contributed by atoms with Gasteiger partial charge in [-0.1, -0.05) is 5.16 Å². The van der Waals surface area contributed by atoms with Crippen molar-refractivity contribution in [3.63, 3.8) is 0 Å².